The van der Waals surface area contributed by atoms with Crippen LogP contribution in [-0.4, -0.2) is 29.8 Å². The van der Waals surface area contributed by atoms with Crippen LogP contribution in [0.15, 0.2) is 17.2 Å². The van der Waals surface area contributed by atoms with Crippen molar-refractivity contribution in [3.63, 3.8) is 0 Å². The number of nitrogens with one attached hydrogen (secondary N) is 1. The summed E-state index contributed by atoms with van der Waals surface area (Å²) in [5.74, 6) is 5.25. The number of hydrazine groups is 1. The molecule has 0 aromatic carbocycles. The highest BCUT2D eigenvalue weighted by Crippen LogP contribution is 2.17. The molecule has 0 saturated carbocycles. The lowest BCUT2D eigenvalue weighted by atomic mass is 10.4. The van der Waals surface area contributed by atoms with E-state index < -0.39 is 0 Å². The monoisotopic (exact) mass is 278 g/mol. The molecular formula is C9H10N8OS. The fourth-order valence-electron chi connectivity index (χ4n) is 1.67. The van der Waals surface area contributed by atoms with Crippen LogP contribution in [0.3, 0.4) is 0 Å². The molecule has 0 bridgehead atoms. The lowest BCUT2D eigenvalue weighted by molar-refractivity contribution is 0.599. The molecule has 3 rings (SSSR count). The molecule has 0 aliphatic rings. The second-order valence-electron chi connectivity index (χ2n) is 3.83. The molecule has 10 heteroatoms. The number of hydrogen-bond donors (Lipinski definition) is 2. The van der Waals surface area contributed by atoms with Gasteiger partial charge in [-0.3, -0.25) is 10.2 Å². The highest BCUT2D eigenvalue weighted by molar-refractivity contribution is 7.15. The minimum absolute atomic E-state index is 0.228. The van der Waals surface area contributed by atoms with Crippen molar-refractivity contribution in [2.24, 2.45) is 12.9 Å². The summed E-state index contributed by atoms with van der Waals surface area (Å²) in [6.45, 7) is 0.302. The highest BCUT2D eigenvalue weighted by atomic mass is 32.1. The molecule has 19 heavy (non-hydrogen) atoms. The molecule has 98 valence electrons. The van der Waals surface area contributed by atoms with Crippen LogP contribution < -0.4 is 16.8 Å². The third kappa shape index (κ3) is 1.96. The number of aryl methyl sites for hydroxylation is 1. The third-order valence-electron chi connectivity index (χ3n) is 2.60. The fourth-order valence-corrected chi connectivity index (χ4v) is 2.38. The first-order valence-corrected chi connectivity index (χ1v) is 6.17. The van der Waals surface area contributed by atoms with Gasteiger partial charge in [0.25, 0.3) is 5.56 Å². The molecular weight excluding hydrogens is 268 g/mol. The average Bonchev–Trinajstić information content (AvgIpc) is 3.00. The summed E-state index contributed by atoms with van der Waals surface area (Å²) >= 11 is 1.35. The minimum Gasteiger partial charge on any atom is -0.300 e. The molecule has 3 aromatic heterocycles. The maximum atomic E-state index is 12.2. The van der Waals surface area contributed by atoms with Gasteiger partial charge in [0, 0.05) is 18.1 Å². The van der Waals surface area contributed by atoms with Gasteiger partial charge in [-0.2, -0.15) is 5.10 Å². The zero-order valence-corrected chi connectivity index (χ0v) is 10.8. The van der Waals surface area contributed by atoms with Crippen molar-refractivity contribution in [3.8, 4) is 0 Å². The number of aromatic nitrogens is 6. The van der Waals surface area contributed by atoms with Crippen molar-refractivity contribution in [2.45, 2.75) is 6.54 Å². The van der Waals surface area contributed by atoms with Crippen molar-refractivity contribution in [1.29, 1.82) is 0 Å². The predicted molar refractivity (Wildman–Crippen MR) is 69.6 cm³/mol. The van der Waals surface area contributed by atoms with E-state index in [4.69, 9.17) is 5.84 Å². The van der Waals surface area contributed by atoms with Gasteiger partial charge in [0.15, 0.2) is 10.8 Å². The Morgan fingerprint density at radius 2 is 2.32 bits per heavy atom. The first-order chi connectivity index (χ1) is 9.19. The van der Waals surface area contributed by atoms with Gasteiger partial charge < -0.3 is 0 Å². The van der Waals surface area contributed by atoms with Crippen LogP contribution in [0.5, 0.6) is 0 Å². The Hall–Kier alpha value is -2.33. The topological polar surface area (TPSA) is 117 Å². The molecule has 9 nitrogen and oxygen atoms in total. The van der Waals surface area contributed by atoms with Crippen LogP contribution in [0.2, 0.25) is 0 Å². The molecule has 3 N–H and O–H groups in total. The van der Waals surface area contributed by atoms with E-state index in [0.29, 0.717) is 22.7 Å². The van der Waals surface area contributed by atoms with Gasteiger partial charge in [-0.05, 0) is 0 Å². The predicted octanol–water partition coefficient (Wildman–Crippen LogP) is -0.685. The molecule has 0 aliphatic carbocycles. The summed E-state index contributed by atoms with van der Waals surface area (Å²) < 4.78 is 2.79. The smallest absolute Gasteiger partial charge is 0.281 e. The largest absolute Gasteiger partial charge is 0.300 e. The van der Waals surface area contributed by atoms with Crippen LogP contribution in [0.4, 0.5) is 5.13 Å². The fraction of sp³-hybridized carbons (Fsp3) is 0.222. The van der Waals surface area contributed by atoms with E-state index in [2.05, 4.69) is 25.8 Å². The van der Waals surface area contributed by atoms with E-state index in [1.165, 1.54) is 26.9 Å². The van der Waals surface area contributed by atoms with E-state index >= 15 is 0 Å². The quantitative estimate of drug-likeness (QED) is 0.481. The molecule has 0 saturated heterocycles. The molecule has 0 unspecified atom stereocenters. The van der Waals surface area contributed by atoms with Crippen molar-refractivity contribution in [2.75, 3.05) is 5.43 Å². The Morgan fingerprint density at radius 3 is 3.05 bits per heavy atom. The molecule has 3 heterocycles. The zero-order chi connectivity index (χ0) is 13.4. The number of hydrogen-bond acceptors (Lipinski definition) is 8. The Bertz CT molecular complexity index is 787. The van der Waals surface area contributed by atoms with Gasteiger partial charge in [0.05, 0.1) is 12.7 Å². The standard InChI is InChI=1S/C9H10N8OS/c1-16-7-6(3-12-16)8(18)17(15-14-7)4-5-2-11-9(13-10)19-5/h2-3H,4,10H2,1H3,(H,11,13). The van der Waals surface area contributed by atoms with Crippen LogP contribution in [-0.2, 0) is 13.6 Å². The maximum absolute atomic E-state index is 12.2. The van der Waals surface area contributed by atoms with E-state index in [0.717, 1.165) is 4.88 Å². The van der Waals surface area contributed by atoms with Crippen molar-refractivity contribution >= 4 is 27.5 Å². The molecule has 0 radical (unpaired) electrons. The lowest BCUT2D eigenvalue weighted by Gasteiger charge is -2.00. The van der Waals surface area contributed by atoms with Gasteiger partial charge in [0.2, 0.25) is 0 Å². The Morgan fingerprint density at radius 1 is 1.47 bits per heavy atom. The van der Waals surface area contributed by atoms with Crippen LogP contribution in [0.1, 0.15) is 4.88 Å². The van der Waals surface area contributed by atoms with Gasteiger partial charge >= 0.3 is 0 Å². The minimum atomic E-state index is -0.228. The Kier molecular flexibility index (Phi) is 2.72. The normalized spacial score (nSPS) is 11.1. The summed E-state index contributed by atoms with van der Waals surface area (Å²) in [4.78, 5) is 17.1. The number of rotatable bonds is 3. The molecule has 0 fully saturated rings. The van der Waals surface area contributed by atoms with E-state index in [1.807, 2.05) is 0 Å². The third-order valence-corrected chi connectivity index (χ3v) is 3.52. The lowest BCUT2D eigenvalue weighted by Crippen LogP contribution is -2.24. The summed E-state index contributed by atoms with van der Waals surface area (Å²) in [6.07, 6.45) is 3.13. The van der Waals surface area contributed by atoms with Crippen LogP contribution in [0.25, 0.3) is 11.0 Å². The number of thiazole rings is 1. The van der Waals surface area contributed by atoms with Gasteiger partial charge in [-0.15, -0.1) is 5.10 Å². The number of nitrogens with zero attached hydrogens (tertiary/aromatic N) is 6. The SMILES string of the molecule is Cn1ncc2c(=O)n(Cc3cnc(NN)s3)nnc21. The average molecular weight is 278 g/mol. The molecule has 0 spiro atoms. The highest BCUT2D eigenvalue weighted by Gasteiger charge is 2.10. The number of nitrogens with two attached hydrogens (primary N) is 1. The molecule has 3 aromatic rings. The summed E-state index contributed by atoms with van der Waals surface area (Å²) in [5, 5.41) is 12.9. The first kappa shape index (κ1) is 11.7. The summed E-state index contributed by atoms with van der Waals surface area (Å²) in [5.41, 5.74) is 2.69. The Labute approximate surface area is 110 Å². The van der Waals surface area contributed by atoms with Crippen LogP contribution in [0, 0.1) is 0 Å². The summed E-state index contributed by atoms with van der Waals surface area (Å²) in [7, 11) is 1.71. The van der Waals surface area contributed by atoms with Crippen molar-refractivity contribution < 1.29 is 0 Å². The van der Waals surface area contributed by atoms with Gasteiger partial charge in [0.1, 0.15) is 5.39 Å². The second-order valence-corrected chi connectivity index (χ2v) is 4.95. The van der Waals surface area contributed by atoms with Crippen molar-refractivity contribution in [1.82, 2.24) is 29.8 Å². The molecule has 0 aliphatic heterocycles. The van der Waals surface area contributed by atoms with E-state index in [1.54, 1.807) is 13.2 Å². The number of nitrogen functional groups attached to an aromatic ring is 1. The van der Waals surface area contributed by atoms with Crippen molar-refractivity contribution in [3.05, 3.63) is 27.6 Å². The van der Waals surface area contributed by atoms with Gasteiger partial charge in [-0.1, -0.05) is 16.6 Å². The number of anilines is 1. The maximum Gasteiger partial charge on any atom is 0.281 e. The Balaban J connectivity index is 2.01. The van der Waals surface area contributed by atoms with Gasteiger partial charge in [-0.25, -0.2) is 20.2 Å². The van der Waals surface area contributed by atoms with E-state index in [9.17, 15) is 4.79 Å². The second kappa shape index (κ2) is 4.40. The van der Waals surface area contributed by atoms with Crippen LogP contribution >= 0.6 is 11.3 Å². The molecule has 0 atom stereocenters. The zero-order valence-electron chi connectivity index (χ0n) is 9.94. The molecule has 0 amide bonds. The first-order valence-electron chi connectivity index (χ1n) is 5.36. The summed E-state index contributed by atoms with van der Waals surface area (Å²) in [6, 6.07) is 0. The van der Waals surface area contributed by atoms with E-state index in [-0.39, 0.29) is 5.56 Å². The number of fused-ring (bicyclic) bond motifs is 1.